The number of imide groups is 1. The van der Waals surface area contributed by atoms with Gasteiger partial charge in [0.15, 0.2) is 0 Å². The largest absolute Gasteiger partial charge is 0.496 e. The predicted molar refractivity (Wildman–Crippen MR) is 93.3 cm³/mol. The molecule has 136 valence electrons. The number of nitrogens with zero attached hydrogens (tertiary/aromatic N) is 2. The van der Waals surface area contributed by atoms with E-state index in [1.807, 2.05) is 32.0 Å². The van der Waals surface area contributed by atoms with Crippen molar-refractivity contribution in [3.8, 4) is 5.75 Å². The van der Waals surface area contributed by atoms with Crippen LogP contribution < -0.4 is 10.1 Å². The molecule has 25 heavy (non-hydrogen) atoms. The van der Waals surface area contributed by atoms with Crippen LogP contribution in [-0.4, -0.2) is 54.9 Å². The Bertz CT molecular complexity index is 674. The molecule has 0 saturated carbocycles. The van der Waals surface area contributed by atoms with E-state index in [0.717, 1.165) is 16.9 Å². The van der Waals surface area contributed by atoms with Crippen LogP contribution in [-0.2, 0) is 9.59 Å². The van der Waals surface area contributed by atoms with Gasteiger partial charge in [0, 0.05) is 25.6 Å². The minimum absolute atomic E-state index is 0.106. The van der Waals surface area contributed by atoms with E-state index in [1.165, 1.54) is 9.80 Å². The molecule has 0 radical (unpaired) electrons. The molecule has 2 rings (SSSR count). The van der Waals surface area contributed by atoms with E-state index in [9.17, 15) is 14.4 Å². The summed E-state index contributed by atoms with van der Waals surface area (Å²) in [4.78, 5) is 38.2. The molecule has 1 aliphatic rings. The molecule has 1 aromatic carbocycles. The summed E-state index contributed by atoms with van der Waals surface area (Å²) in [5.74, 6) is 0.393. The molecule has 0 bridgehead atoms. The number of hydrogen-bond acceptors (Lipinski definition) is 4. The fourth-order valence-corrected chi connectivity index (χ4v) is 2.87. The Kier molecular flexibility index (Phi) is 6.01. The highest BCUT2D eigenvalue weighted by Gasteiger charge is 2.32. The normalized spacial score (nSPS) is 15.5. The monoisotopic (exact) mass is 347 g/mol. The lowest BCUT2D eigenvalue weighted by Crippen LogP contribution is -2.33. The molecule has 1 fully saturated rings. The first kappa shape index (κ1) is 18.8. The average molecular weight is 347 g/mol. The van der Waals surface area contributed by atoms with Gasteiger partial charge >= 0.3 is 6.03 Å². The van der Waals surface area contributed by atoms with Crippen molar-refractivity contribution in [2.24, 2.45) is 0 Å². The summed E-state index contributed by atoms with van der Waals surface area (Å²) in [6.07, 6.45) is 0.689. The Balaban J connectivity index is 1.85. The fourth-order valence-electron chi connectivity index (χ4n) is 2.87. The van der Waals surface area contributed by atoms with Crippen LogP contribution >= 0.6 is 0 Å². The number of methoxy groups -OCH3 is 1. The van der Waals surface area contributed by atoms with Gasteiger partial charge in [0.25, 0.3) is 0 Å². The van der Waals surface area contributed by atoms with Gasteiger partial charge in [0.1, 0.15) is 12.3 Å². The molecule has 7 nitrogen and oxygen atoms in total. The number of carbonyl (C=O) groups is 3. The van der Waals surface area contributed by atoms with Crippen molar-refractivity contribution in [2.75, 3.05) is 27.2 Å². The first-order valence-corrected chi connectivity index (χ1v) is 8.33. The van der Waals surface area contributed by atoms with E-state index in [1.54, 1.807) is 14.2 Å². The molecule has 1 N–H and O–H groups in total. The second-order valence-corrected chi connectivity index (χ2v) is 6.32. The quantitative estimate of drug-likeness (QED) is 0.764. The number of aryl methyl sites for hydroxylation is 1. The van der Waals surface area contributed by atoms with Crippen LogP contribution in [0.2, 0.25) is 0 Å². The molecule has 0 aromatic heterocycles. The molecular weight excluding hydrogens is 322 g/mol. The number of hydrogen-bond donors (Lipinski definition) is 1. The highest BCUT2D eigenvalue weighted by atomic mass is 16.5. The summed E-state index contributed by atoms with van der Waals surface area (Å²) in [6, 6.07) is 5.33. The molecule has 0 aliphatic carbocycles. The van der Waals surface area contributed by atoms with Gasteiger partial charge in [-0.25, -0.2) is 4.79 Å². The Labute approximate surface area is 147 Å². The lowest BCUT2D eigenvalue weighted by molar-refractivity contribution is -0.126. The molecule has 1 heterocycles. The summed E-state index contributed by atoms with van der Waals surface area (Å²) in [6.45, 7) is 4.25. The summed E-state index contributed by atoms with van der Waals surface area (Å²) in [7, 11) is 3.19. The third kappa shape index (κ3) is 4.49. The highest BCUT2D eigenvalue weighted by molar-refractivity contribution is 6.01. The lowest BCUT2D eigenvalue weighted by Gasteiger charge is -2.18. The number of likely N-dealkylation sites (N-methyl/N-ethyl adjacent to an activating group) is 1. The van der Waals surface area contributed by atoms with Crippen molar-refractivity contribution in [3.05, 3.63) is 29.3 Å². The number of rotatable bonds is 7. The fraction of sp³-hybridized carbons (Fsp3) is 0.500. The van der Waals surface area contributed by atoms with Crippen molar-refractivity contribution < 1.29 is 19.1 Å². The number of ether oxygens (including phenoxy) is 1. The maximum absolute atomic E-state index is 12.2. The summed E-state index contributed by atoms with van der Waals surface area (Å²) >= 11 is 0. The number of carbonyl (C=O) groups excluding carboxylic acids is 3. The van der Waals surface area contributed by atoms with Gasteiger partial charge in [-0.2, -0.15) is 0 Å². The molecule has 1 aromatic rings. The van der Waals surface area contributed by atoms with Gasteiger partial charge in [0.05, 0.1) is 13.2 Å². The first-order valence-electron chi connectivity index (χ1n) is 8.33. The van der Waals surface area contributed by atoms with Gasteiger partial charge in [-0.1, -0.05) is 17.7 Å². The maximum atomic E-state index is 12.2. The molecule has 4 amide bonds. The molecule has 0 spiro atoms. The number of amides is 4. The smallest absolute Gasteiger partial charge is 0.326 e. The van der Waals surface area contributed by atoms with Gasteiger partial charge in [-0.05, 0) is 26.3 Å². The lowest BCUT2D eigenvalue weighted by atomic mass is 10.0. The van der Waals surface area contributed by atoms with E-state index in [-0.39, 0.29) is 43.4 Å². The van der Waals surface area contributed by atoms with E-state index in [4.69, 9.17) is 4.74 Å². The zero-order valence-electron chi connectivity index (χ0n) is 15.2. The molecule has 1 saturated heterocycles. The van der Waals surface area contributed by atoms with Gasteiger partial charge in [-0.15, -0.1) is 0 Å². The van der Waals surface area contributed by atoms with Crippen LogP contribution in [0.4, 0.5) is 4.79 Å². The summed E-state index contributed by atoms with van der Waals surface area (Å²) < 4.78 is 5.35. The van der Waals surface area contributed by atoms with Gasteiger partial charge < -0.3 is 15.0 Å². The maximum Gasteiger partial charge on any atom is 0.326 e. The SMILES string of the molecule is COc1ccc(C)cc1[C@@H](C)NC(=O)CCCN1C(=O)CN(C)C1=O. The predicted octanol–water partition coefficient (Wildman–Crippen LogP) is 1.86. The highest BCUT2D eigenvalue weighted by Crippen LogP contribution is 2.26. The number of benzene rings is 1. The molecule has 0 unspecified atom stereocenters. The van der Waals surface area contributed by atoms with Crippen LogP contribution in [0.1, 0.15) is 36.9 Å². The standard InChI is InChI=1S/C18H25N3O4/c1-12-7-8-15(25-4)14(10-12)13(2)19-16(22)6-5-9-21-17(23)11-20(3)18(21)24/h7-8,10,13H,5-6,9,11H2,1-4H3,(H,19,22)/t13-/m1/s1. The number of nitrogens with one attached hydrogen (secondary N) is 1. The summed E-state index contributed by atoms with van der Waals surface area (Å²) in [5, 5.41) is 2.94. The topological polar surface area (TPSA) is 79.0 Å². The Morgan fingerprint density at radius 1 is 1.36 bits per heavy atom. The molecule has 1 aliphatic heterocycles. The first-order chi connectivity index (χ1) is 11.8. The van der Waals surface area contributed by atoms with Crippen molar-refractivity contribution in [1.29, 1.82) is 0 Å². The van der Waals surface area contributed by atoms with Crippen molar-refractivity contribution in [3.63, 3.8) is 0 Å². The minimum Gasteiger partial charge on any atom is -0.496 e. The van der Waals surface area contributed by atoms with Crippen LogP contribution in [0.15, 0.2) is 18.2 Å². The van der Waals surface area contributed by atoms with E-state index in [0.29, 0.717) is 6.42 Å². The summed E-state index contributed by atoms with van der Waals surface area (Å²) in [5.41, 5.74) is 2.01. The second kappa shape index (κ2) is 8.00. The van der Waals surface area contributed by atoms with Gasteiger partial charge in [0.2, 0.25) is 11.8 Å². The minimum atomic E-state index is -0.303. The van der Waals surface area contributed by atoms with Gasteiger partial charge in [-0.3, -0.25) is 14.5 Å². The third-order valence-electron chi connectivity index (χ3n) is 4.25. The zero-order valence-corrected chi connectivity index (χ0v) is 15.2. The second-order valence-electron chi connectivity index (χ2n) is 6.32. The average Bonchev–Trinajstić information content (AvgIpc) is 2.80. The Morgan fingerprint density at radius 2 is 2.08 bits per heavy atom. The van der Waals surface area contributed by atoms with E-state index < -0.39 is 0 Å². The van der Waals surface area contributed by atoms with E-state index in [2.05, 4.69) is 5.32 Å². The Morgan fingerprint density at radius 3 is 2.68 bits per heavy atom. The van der Waals surface area contributed by atoms with Crippen molar-refractivity contribution in [2.45, 2.75) is 32.7 Å². The van der Waals surface area contributed by atoms with Crippen molar-refractivity contribution in [1.82, 2.24) is 15.1 Å². The zero-order chi connectivity index (χ0) is 18.6. The van der Waals surface area contributed by atoms with E-state index >= 15 is 0 Å². The van der Waals surface area contributed by atoms with Crippen LogP contribution in [0.25, 0.3) is 0 Å². The van der Waals surface area contributed by atoms with Crippen LogP contribution in [0.3, 0.4) is 0 Å². The molecule has 7 heteroatoms. The third-order valence-corrected chi connectivity index (χ3v) is 4.25. The number of urea groups is 1. The van der Waals surface area contributed by atoms with Crippen LogP contribution in [0.5, 0.6) is 5.75 Å². The van der Waals surface area contributed by atoms with Crippen LogP contribution in [0, 0.1) is 6.92 Å². The Hall–Kier alpha value is -2.57. The van der Waals surface area contributed by atoms with Crippen molar-refractivity contribution >= 4 is 17.8 Å². The molecule has 1 atom stereocenters. The molecular formula is C18H25N3O4.